The van der Waals surface area contributed by atoms with Gasteiger partial charge in [-0.2, -0.15) is 13.6 Å². The summed E-state index contributed by atoms with van der Waals surface area (Å²) in [5, 5.41) is 10.6. The van der Waals surface area contributed by atoms with Crippen molar-refractivity contribution in [2.45, 2.75) is 28.4 Å². The molecule has 2 fully saturated rings. The Labute approximate surface area is 179 Å². The molecule has 1 saturated carbocycles. The van der Waals surface area contributed by atoms with E-state index in [1.807, 2.05) is 0 Å². The lowest BCUT2D eigenvalue weighted by Gasteiger charge is -2.23. The molecule has 3 unspecified atom stereocenters. The van der Waals surface area contributed by atoms with Gasteiger partial charge in [0.15, 0.2) is 12.4 Å². The fourth-order valence-corrected chi connectivity index (χ4v) is 7.17. The Morgan fingerprint density at radius 2 is 1.87 bits per heavy atom. The Balaban J connectivity index is 1.77. The Kier molecular flexibility index (Phi) is 6.25. The zero-order valence-electron chi connectivity index (χ0n) is 14.7. The van der Waals surface area contributed by atoms with Gasteiger partial charge >= 0.3 is 29.2 Å². The molecule has 2 aliphatic rings. The molecule has 176 valence electrons. The average molecular weight is 576 g/mol. The number of halogens is 2. The molecule has 1 aromatic heterocycles. The molecule has 1 aromatic rings. The van der Waals surface area contributed by atoms with Crippen LogP contribution < -0.4 is 11.4 Å². The number of nitrogens with two attached hydrogens (primary N) is 1. The van der Waals surface area contributed by atoms with Crippen LogP contribution in [0, 0.1) is 0 Å². The van der Waals surface area contributed by atoms with Gasteiger partial charge in [0.1, 0.15) is 17.0 Å². The first-order valence-electron chi connectivity index (χ1n) is 7.75. The Morgan fingerprint density at radius 3 is 2.42 bits per heavy atom. The van der Waals surface area contributed by atoms with E-state index in [0.29, 0.717) is 4.57 Å². The third-order valence-electron chi connectivity index (χ3n) is 4.38. The highest BCUT2D eigenvalue weighted by Crippen LogP contribution is 2.70. The van der Waals surface area contributed by atoms with Gasteiger partial charge in [0, 0.05) is 6.20 Å². The van der Waals surface area contributed by atoms with E-state index in [-0.39, 0.29) is 5.82 Å². The summed E-state index contributed by atoms with van der Waals surface area (Å²) in [4.78, 5) is 49.8. The van der Waals surface area contributed by atoms with Gasteiger partial charge in [0.05, 0.1) is 11.4 Å². The zero-order chi connectivity index (χ0) is 23.6. The summed E-state index contributed by atoms with van der Waals surface area (Å²) in [5.41, 5.74) is -0.115. The highest BCUT2D eigenvalue weighted by molar-refractivity contribution is 9.09. The summed E-state index contributed by atoms with van der Waals surface area (Å²) in [7, 11) is -16.9. The van der Waals surface area contributed by atoms with E-state index in [0.717, 1.165) is 12.3 Å². The minimum atomic E-state index is -5.78. The molecule has 7 atom stereocenters. The molecule has 3 rings (SSSR count). The average Bonchev–Trinajstić information content (AvgIpc) is 2.92. The summed E-state index contributed by atoms with van der Waals surface area (Å²) >= 11 is 2.92. The molecule has 1 aliphatic heterocycles. The molecular formula is C10H14BrFN3O13P3. The normalized spacial score (nSPS) is 36.4. The monoisotopic (exact) mass is 575 g/mol. The Morgan fingerprint density at radius 1 is 1.26 bits per heavy atom. The number of hydrogen-bond acceptors (Lipinski definition) is 11. The van der Waals surface area contributed by atoms with E-state index in [4.69, 9.17) is 25.2 Å². The number of nitrogen functional groups attached to an aromatic ring is 1. The number of fused-ring (bicyclic) bond motifs is 1. The van der Waals surface area contributed by atoms with Gasteiger partial charge in [-0.05, 0) is 6.07 Å². The minimum absolute atomic E-state index is 0.167. The number of anilines is 1. The van der Waals surface area contributed by atoms with Gasteiger partial charge in [-0.1, -0.05) is 15.9 Å². The summed E-state index contributed by atoms with van der Waals surface area (Å²) in [5.74, 6) is -0.167. The van der Waals surface area contributed by atoms with Crippen molar-refractivity contribution in [1.29, 1.82) is 0 Å². The fourth-order valence-electron chi connectivity index (χ4n) is 3.01. The van der Waals surface area contributed by atoms with E-state index < -0.39 is 64.2 Å². The van der Waals surface area contributed by atoms with Gasteiger partial charge in [-0.25, -0.2) is 22.9 Å². The van der Waals surface area contributed by atoms with Crippen molar-refractivity contribution in [1.82, 2.24) is 9.55 Å². The molecule has 7 N–H and O–H groups in total. The SMILES string of the molecule is Nc1ccn([C@@H]2O[C@@]3(COP(=O)(O)OP(=O)(O)OP(=O)(O)O)C(Br)[C@]3(O)[C@H]2F)c(=O)n1. The van der Waals surface area contributed by atoms with Gasteiger partial charge < -0.3 is 35.2 Å². The van der Waals surface area contributed by atoms with E-state index in [1.165, 1.54) is 0 Å². The van der Waals surface area contributed by atoms with Crippen LogP contribution in [0.5, 0.6) is 0 Å². The quantitative estimate of drug-likeness (QED) is 0.165. The first kappa shape index (κ1) is 25.1. The number of phosphoric ester groups is 1. The fraction of sp³-hybridized carbons (Fsp3) is 0.600. The molecule has 2 heterocycles. The lowest BCUT2D eigenvalue weighted by Crippen LogP contribution is -2.37. The zero-order valence-corrected chi connectivity index (χ0v) is 18.9. The van der Waals surface area contributed by atoms with Crippen molar-refractivity contribution in [3.63, 3.8) is 0 Å². The third kappa shape index (κ3) is 4.59. The summed E-state index contributed by atoms with van der Waals surface area (Å²) in [6, 6.07) is 1.15. The summed E-state index contributed by atoms with van der Waals surface area (Å²) in [6.07, 6.45) is -2.98. The Bertz CT molecular complexity index is 1100. The number of nitrogens with zero attached hydrogens (tertiary/aromatic N) is 2. The minimum Gasteiger partial charge on any atom is -0.383 e. The van der Waals surface area contributed by atoms with Crippen molar-refractivity contribution < 1.29 is 60.6 Å². The second kappa shape index (κ2) is 7.74. The van der Waals surface area contributed by atoms with Gasteiger partial charge in [-0.3, -0.25) is 9.09 Å². The number of aromatic nitrogens is 2. The second-order valence-electron chi connectivity index (χ2n) is 6.39. The molecule has 1 saturated heterocycles. The molecule has 0 spiro atoms. The van der Waals surface area contributed by atoms with E-state index in [1.54, 1.807) is 0 Å². The van der Waals surface area contributed by atoms with Crippen molar-refractivity contribution in [3.05, 3.63) is 22.7 Å². The van der Waals surface area contributed by atoms with E-state index >= 15 is 0 Å². The van der Waals surface area contributed by atoms with Crippen molar-refractivity contribution in [2.24, 2.45) is 0 Å². The van der Waals surface area contributed by atoms with Crippen LogP contribution in [-0.2, 0) is 31.6 Å². The van der Waals surface area contributed by atoms with Crippen LogP contribution in [0.25, 0.3) is 0 Å². The predicted octanol–water partition coefficient (Wildman–Crippen LogP) is -0.717. The van der Waals surface area contributed by atoms with Gasteiger partial charge in [-0.15, -0.1) is 0 Å². The van der Waals surface area contributed by atoms with Crippen LogP contribution in [0.1, 0.15) is 6.23 Å². The molecule has 31 heavy (non-hydrogen) atoms. The molecule has 1 aliphatic carbocycles. The van der Waals surface area contributed by atoms with Crippen molar-refractivity contribution in [2.75, 3.05) is 12.3 Å². The highest BCUT2D eigenvalue weighted by Gasteiger charge is 2.87. The van der Waals surface area contributed by atoms with E-state index in [2.05, 4.69) is 34.1 Å². The first-order chi connectivity index (χ1) is 13.9. The maximum Gasteiger partial charge on any atom is 0.490 e. The highest BCUT2D eigenvalue weighted by atomic mass is 79.9. The lowest BCUT2D eigenvalue weighted by molar-refractivity contribution is -0.0759. The lowest BCUT2D eigenvalue weighted by atomic mass is 10.1. The molecule has 0 radical (unpaired) electrons. The number of rotatable bonds is 8. The van der Waals surface area contributed by atoms with Crippen LogP contribution in [0.4, 0.5) is 10.2 Å². The van der Waals surface area contributed by atoms with Crippen molar-refractivity contribution >= 4 is 45.2 Å². The molecule has 0 bridgehead atoms. The smallest absolute Gasteiger partial charge is 0.383 e. The Hall–Kier alpha value is -0.580. The first-order valence-corrected chi connectivity index (χ1v) is 13.2. The number of hydrogen-bond donors (Lipinski definition) is 6. The largest absolute Gasteiger partial charge is 0.490 e. The molecular weight excluding hydrogens is 562 g/mol. The number of phosphoric acid groups is 3. The van der Waals surface area contributed by atoms with Crippen LogP contribution in [0.2, 0.25) is 0 Å². The van der Waals surface area contributed by atoms with Gasteiger partial charge in [0.2, 0.25) is 0 Å². The number of alkyl halides is 2. The maximum absolute atomic E-state index is 14.9. The number of ether oxygens (including phenoxy) is 1. The van der Waals surface area contributed by atoms with Crippen LogP contribution in [0.3, 0.4) is 0 Å². The predicted molar refractivity (Wildman–Crippen MR) is 98.1 cm³/mol. The summed E-state index contributed by atoms with van der Waals surface area (Å²) < 4.78 is 66.4. The van der Waals surface area contributed by atoms with E-state index in [9.17, 15) is 32.9 Å². The standard InChI is InChI=1S/C10H14BrFN3O13P3/c11-7-9(3-25-30(21,22)28-31(23,24)27-29(18,19)20)10(7,17)5(12)6(26-9)15-2-1-4(13)14-8(15)16/h1-2,5-7,17H,3H2,(H,21,22)(H,23,24)(H2,13,14,16)(H2,18,19,20)/t5-,6+,7?,9-,10+/m0/s1. The number of aliphatic hydroxyl groups is 1. The second-order valence-corrected chi connectivity index (χ2v) is 11.7. The summed E-state index contributed by atoms with van der Waals surface area (Å²) in [6.45, 7) is -1.13. The maximum atomic E-state index is 14.9. The molecule has 0 aromatic carbocycles. The van der Waals surface area contributed by atoms with Crippen LogP contribution in [-0.4, -0.2) is 63.0 Å². The molecule has 16 nitrogen and oxygen atoms in total. The molecule has 0 amide bonds. The van der Waals surface area contributed by atoms with Gasteiger partial charge in [0.25, 0.3) is 0 Å². The topological polar surface area (TPSA) is 250 Å². The van der Waals surface area contributed by atoms with Crippen LogP contribution >= 0.6 is 39.4 Å². The third-order valence-corrected chi connectivity index (χ3v) is 9.60. The molecule has 21 heteroatoms. The van der Waals surface area contributed by atoms with Crippen molar-refractivity contribution in [3.8, 4) is 0 Å². The van der Waals surface area contributed by atoms with Crippen LogP contribution in [0.15, 0.2) is 17.1 Å².